The van der Waals surface area contributed by atoms with Crippen molar-refractivity contribution in [2.45, 2.75) is 86.0 Å². The van der Waals surface area contributed by atoms with E-state index in [9.17, 15) is 4.79 Å². The molecule has 1 aromatic rings. The number of aromatic nitrogens is 1. The van der Waals surface area contributed by atoms with Crippen LogP contribution >= 0.6 is 11.3 Å². The maximum atomic E-state index is 12.2. The molecule has 1 heterocycles. The molecule has 0 saturated heterocycles. The van der Waals surface area contributed by atoms with Gasteiger partial charge in [-0.3, -0.25) is 4.79 Å². The zero-order valence-corrected chi connectivity index (χ0v) is 19.5. The van der Waals surface area contributed by atoms with Crippen molar-refractivity contribution in [2.24, 2.45) is 0 Å². The third kappa shape index (κ3) is 12.7. The van der Waals surface area contributed by atoms with Crippen LogP contribution in [0.1, 0.15) is 101 Å². The predicted molar refractivity (Wildman–Crippen MR) is 126 cm³/mol. The average molecular weight is 405 g/mol. The minimum Gasteiger partial charge on any atom is -0.351 e. The molecule has 1 aromatic heterocycles. The van der Waals surface area contributed by atoms with Crippen LogP contribution in [0.5, 0.6) is 0 Å². The van der Waals surface area contributed by atoms with Gasteiger partial charge in [0.2, 0.25) is 0 Å². The number of thiazole rings is 1. The van der Waals surface area contributed by atoms with Gasteiger partial charge in [-0.2, -0.15) is 0 Å². The number of unbranched alkanes of at least 4 members (excludes halogenated alkanes) is 6. The van der Waals surface area contributed by atoms with Crippen molar-refractivity contribution in [1.29, 1.82) is 0 Å². The van der Waals surface area contributed by atoms with Gasteiger partial charge in [0.05, 0.1) is 0 Å². The average Bonchev–Trinajstić information content (AvgIpc) is 3.14. The number of carbonyl (C=O) groups is 1. The fourth-order valence-corrected chi connectivity index (χ4v) is 3.31. The summed E-state index contributed by atoms with van der Waals surface area (Å²) in [4.78, 5) is 16.7. The second-order valence-corrected chi connectivity index (χ2v) is 7.93. The maximum absolute atomic E-state index is 12.2. The molecule has 158 valence electrons. The molecule has 0 spiro atoms. The van der Waals surface area contributed by atoms with Gasteiger partial charge < -0.3 is 5.32 Å². The Labute approximate surface area is 177 Å². The van der Waals surface area contributed by atoms with Crippen molar-refractivity contribution in [1.82, 2.24) is 10.3 Å². The van der Waals surface area contributed by atoms with E-state index in [2.05, 4.69) is 37.7 Å². The predicted octanol–water partition coefficient (Wildman–Crippen LogP) is 7.58. The summed E-state index contributed by atoms with van der Waals surface area (Å²) in [5.41, 5.74) is 2.46. The van der Waals surface area contributed by atoms with Crippen molar-refractivity contribution in [3.05, 3.63) is 46.5 Å². The van der Waals surface area contributed by atoms with E-state index in [0.717, 1.165) is 29.1 Å². The van der Waals surface area contributed by atoms with Gasteiger partial charge in [0, 0.05) is 17.5 Å². The van der Waals surface area contributed by atoms with Crippen molar-refractivity contribution in [2.75, 3.05) is 6.54 Å². The molecule has 1 amide bonds. The molecule has 1 N–H and O–H groups in total. The van der Waals surface area contributed by atoms with E-state index in [1.54, 1.807) is 0 Å². The molecule has 0 saturated carbocycles. The lowest BCUT2D eigenvalue weighted by Crippen LogP contribution is -2.24. The smallest absolute Gasteiger partial charge is 0.270 e. The second kappa shape index (κ2) is 17.4. The molecule has 0 aliphatic heterocycles. The van der Waals surface area contributed by atoms with E-state index in [1.165, 1.54) is 56.3 Å². The Morgan fingerprint density at radius 3 is 2.32 bits per heavy atom. The van der Waals surface area contributed by atoms with Crippen molar-refractivity contribution >= 4 is 22.8 Å². The minimum absolute atomic E-state index is 0.0800. The highest BCUT2D eigenvalue weighted by atomic mass is 32.1. The molecule has 3 nitrogen and oxygen atoms in total. The van der Waals surface area contributed by atoms with E-state index >= 15 is 0 Å². The first-order chi connectivity index (χ1) is 13.5. The Bertz CT molecular complexity index is 614. The summed E-state index contributed by atoms with van der Waals surface area (Å²) in [6, 6.07) is 0. The monoisotopic (exact) mass is 404 g/mol. The van der Waals surface area contributed by atoms with Gasteiger partial charge >= 0.3 is 0 Å². The van der Waals surface area contributed by atoms with E-state index in [-0.39, 0.29) is 5.91 Å². The van der Waals surface area contributed by atoms with Gasteiger partial charge in [0.1, 0.15) is 10.7 Å². The van der Waals surface area contributed by atoms with Crippen LogP contribution in [0, 0.1) is 0 Å². The molecule has 0 unspecified atom stereocenters. The lowest BCUT2D eigenvalue weighted by Gasteiger charge is -2.03. The third-order valence-electron chi connectivity index (χ3n) is 3.80. The largest absolute Gasteiger partial charge is 0.351 e. The Balaban J connectivity index is 0.00000227. The molecule has 0 radical (unpaired) electrons. The minimum atomic E-state index is -0.0800. The van der Waals surface area contributed by atoms with Gasteiger partial charge in [-0.15, -0.1) is 11.3 Å². The Morgan fingerprint density at radius 1 is 1.14 bits per heavy atom. The first-order valence-corrected chi connectivity index (χ1v) is 11.6. The Kier molecular flexibility index (Phi) is 16.4. The summed E-state index contributed by atoms with van der Waals surface area (Å²) in [5, 5.41) is 5.65. The molecule has 0 aliphatic rings. The fraction of sp³-hybridized carbons (Fsp3) is 0.583. The Morgan fingerprint density at radius 2 is 1.75 bits per heavy atom. The van der Waals surface area contributed by atoms with Gasteiger partial charge in [-0.1, -0.05) is 90.0 Å². The van der Waals surface area contributed by atoms with Crippen LogP contribution in [0.4, 0.5) is 0 Å². The van der Waals surface area contributed by atoms with Crippen LogP contribution in [0.15, 0.2) is 35.8 Å². The lowest BCUT2D eigenvalue weighted by atomic mass is 10.1. The molecular formula is C24H40N2OS. The highest BCUT2D eigenvalue weighted by Crippen LogP contribution is 2.22. The molecule has 0 aliphatic carbocycles. The van der Waals surface area contributed by atoms with E-state index in [0.29, 0.717) is 5.69 Å². The molecule has 0 atom stereocenters. The molecule has 0 bridgehead atoms. The number of carbonyl (C=O) groups excluding carboxylic acids is 1. The van der Waals surface area contributed by atoms with Gasteiger partial charge in [-0.05, 0) is 26.3 Å². The number of rotatable bonds is 12. The van der Waals surface area contributed by atoms with E-state index in [4.69, 9.17) is 0 Å². The molecule has 0 fully saturated rings. The zero-order chi connectivity index (χ0) is 21.2. The quantitative estimate of drug-likeness (QED) is 0.288. The van der Waals surface area contributed by atoms with Crippen molar-refractivity contribution in [3.63, 3.8) is 0 Å². The number of nitrogens with one attached hydrogen (secondary N) is 1. The number of allylic oxidation sites excluding steroid dienone is 5. The molecule has 1 rings (SSSR count). The summed E-state index contributed by atoms with van der Waals surface area (Å²) >= 11 is 1.49. The maximum Gasteiger partial charge on any atom is 0.270 e. The standard InChI is InChI=1S/C21H32N2OS.C3H8/c1-5-7-8-9-10-11-12-14-22-20(24)19-16-25-21(23-19)18(13-6-2)15-17(3)4;1-3-2/h6,13,15-16H,3,5,7-12,14H2,1-2,4H3,(H,22,24);3H2,1-2H3/b13-6-,18-15+;. The Hall–Kier alpha value is -1.68. The summed E-state index contributed by atoms with van der Waals surface area (Å²) in [7, 11) is 0. The molecule has 28 heavy (non-hydrogen) atoms. The first kappa shape index (κ1) is 26.3. The van der Waals surface area contributed by atoms with Crippen molar-refractivity contribution < 1.29 is 4.79 Å². The van der Waals surface area contributed by atoms with E-state index in [1.807, 2.05) is 37.5 Å². The van der Waals surface area contributed by atoms with Crippen molar-refractivity contribution in [3.8, 4) is 0 Å². The first-order valence-electron chi connectivity index (χ1n) is 10.7. The summed E-state index contributed by atoms with van der Waals surface area (Å²) in [5.74, 6) is -0.0800. The van der Waals surface area contributed by atoms with Crippen LogP contribution in [0.3, 0.4) is 0 Å². The normalized spacial score (nSPS) is 11.2. The second-order valence-electron chi connectivity index (χ2n) is 7.07. The van der Waals surface area contributed by atoms with Crippen LogP contribution < -0.4 is 5.32 Å². The van der Waals surface area contributed by atoms with Crippen LogP contribution in [-0.2, 0) is 0 Å². The van der Waals surface area contributed by atoms with Gasteiger partial charge in [-0.25, -0.2) is 4.98 Å². The number of hydrogen-bond acceptors (Lipinski definition) is 3. The number of nitrogens with zero attached hydrogens (tertiary/aromatic N) is 1. The van der Waals surface area contributed by atoms with Crippen LogP contribution in [0.25, 0.3) is 5.57 Å². The van der Waals surface area contributed by atoms with Crippen LogP contribution in [0.2, 0.25) is 0 Å². The summed E-state index contributed by atoms with van der Waals surface area (Å²) in [6.07, 6.45) is 15.9. The topological polar surface area (TPSA) is 42.0 Å². The molecule has 4 heteroatoms. The number of hydrogen-bond donors (Lipinski definition) is 1. The molecule has 0 aromatic carbocycles. The summed E-state index contributed by atoms with van der Waals surface area (Å²) in [6.45, 7) is 15.0. The van der Waals surface area contributed by atoms with Gasteiger partial charge in [0.15, 0.2) is 0 Å². The summed E-state index contributed by atoms with van der Waals surface area (Å²) < 4.78 is 0. The van der Waals surface area contributed by atoms with E-state index < -0.39 is 0 Å². The third-order valence-corrected chi connectivity index (χ3v) is 4.69. The SMILES string of the molecule is C=C(C)/C=C(\C=C/C)c1nc(C(=O)NCCCCCCCCC)cs1.CCC. The number of amides is 1. The highest BCUT2D eigenvalue weighted by Gasteiger charge is 2.11. The van der Waals surface area contributed by atoms with Gasteiger partial charge in [0.25, 0.3) is 5.91 Å². The lowest BCUT2D eigenvalue weighted by molar-refractivity contribution is 0.0948. The fourth-order valence-electron chi connectivity index (χ4n) is 2.51. The van der Waals surface area contributed by atoms with Crippen LogP contribution in [-0.4, -0.2) is 17.4 Å². The zero-order valence-electron chi connectivity index (χ0n) is 18.6. The molecular weight excluding hydrogens is 364 g/mol. The highest BCUT2D eigenvalue weighted by molar-refractivity contribution is 7.11.